The Morgan fingerprint density at radius 2 is 1.96 bits per heavy atom. The Hall–Kier alpha value is -1.45. The fourth-order valence-electron chi connectivity index (χ4n) is 4.15. The maximum absolute atomic E-state index is 13.1. The molecule has 2 fully saturated rings. The Balaban J connectivity index is 1.75. The fourth-order valence-corrected chi connectivity index (χ4v) is 5.97. The molecule has 0 aliphatic carbocycles. The second kappa shape index (κ2) is 7.18. The largest absolute Gasteiger partial charge is 0.360 e. The van der Waals surface area contributed by atoms with Crippen LogP contribution in [-0.4, -0.2) is 60.9 Å². The molecule has 2 aliphatic heterocycles. The Morgan fingerprint density at radius 1 is 1.26 bits per heavy atom. The lowest BCUT2D eigenvalue weighted by atomic mass is 9.79. The fraction of sp³-hybridized carbons (Fsp3) is 0.778. The summed E-state index contributed by atoms with van der Waals surface area (Å²) in [6, 6.07) is 0.0734. The van der Waals surface area contributed by atoms with E-state index >= 15 is 0 Å². The van der Waals surface area contributed by atoms with Gasteiger partial charge in [-0.15, -0.1) is 0 Å². The molecule has 3 heterocycles. The zero-order valence-electron chi connectivity index (χ0n) is 16.6. The second-order valence-electron chi connectivity index (χ2n) is 8.50. The van der Waals surface area contributed by atoms with Crippen molar-refractivity contribution in [2.45, 2.75) is 57.9 Å². The Morgan fingerprint density at radius 3 is 2.56 bits per heavy atom. The lowest BCUT2D eigenvalue weighted by molar-refractivity contribution is -0.140. The highest BCUT2D eigenvalue weighted by Crippen LogP contribution is 2.32. The number of hydrogen-bond donors (Lipinski definition) is 1. The van der Waals surface area contributed by atoms with Crippen LogP contribution in [0.3, 0.4) is 0 Å². The highest BCUT2D eigenvalue weighted by atomic mass is 32.2. The third-order valence-electron chi connectivity index (χ3n) is 5.92. The van der Waals surface area contributed by atoms with E-state index in [0.717, 1.165) is 6.42 Å². The Kier molecular flexibility index (Phi) is 5.39. The van der Waals surface area contributed by atoms with E-state index in [4.69, 9.17) is 10.3 Å². The Bertz CT molecular complexity index is 798. The minimum absolute atomic E-state index is 0.0358. The average molecular weight is 399 g/mol. The molecule has 9 heteroatoms. The van der Waals surface area contributed by atoms with Crippen molar-refractivity contribution in [2.24, 2.45) is 17.1 Å². The van der Waals surface area contributed by atoms with E-state index in [0.29, 0.717) is 38.2 Å². The standard InChI is InChI=1S/C18H30N4O4S/c1-12-16(13(2)26-20-12)27(24,25)22-8-5-6-14(10-22)17(23)21-9-7-15(19)18(3,4)11-21/h14-15H,5-11,19H2,1-4H3. The van der Waals surface area contributed by atoms with E-state index in [1.165, 1.54) is 4.31 Å². The van der Waals surface area contributed by atoms with Gasteiger partial charge in [0, 0.05) is 32.2 Å². The normalized spacial score (nSPS) is 26.9. The molecule has 0 radical (unpaired) electrons. The average Bonchev–Trinajstić information content (AvgIpc) is 2.96. The Labute approximate surface area is 161 Å². The molecular weight excluding hydrogens is 368 g/mol. The van der Waals surface area contributed by atoms with Crippen LogP contribution in [0, 0.1) is 25.2 Å². The smallest absolute Gasteiger partial charge is 0.248 e. The van der Waals surface area contributed by atoms with E-state index in [2.05, 4.69) is 19.0 Å². The first-order valence-electron chi connectivity index (χ1n) is 9.51. The minimum atomic E-state index is -3.72. The molecule has 1 aromatic heterocycles. The molecule has 152 valence electrons. The lowest BCUT2D eigenvalue weighted by Gasteiger charge is -2.44. The van der Waals surface area contributed by atoms with Crippen LogP contribution < -0.4 is 5.73 Å². The molecule has 0 spiro atoms. The number of sulfonamides is 1. The van der Waals surface area contributed by atoms with Crippen molar-refractivity contribution in [3.05, 3.63) is 11.5 Å². The zero-order chi connectivity index (χ0) is 20.0. The van der Waals surface area contributed by atoms with Crippen molar-refractivity contribution in [1.82, 2.24) is 14.4 Å². The number of carbonyl (C=O) groups excluding carboxylic acids is 1. The van der Waals surface area contributed by atoms with E-state index < -0.39 is 10.0 Å². The van der Waals surface area contributed by atoms with Gasteiger partial charge in [0.1, 0.15) is 10.6 Å². The van der Waals surface area contributed by atoms with Gasteiger partial charge in [-0.1, -0.05) is 19.0 Å². The molecule has 2 N–H and O–H groups in total. The van der Waals surface area contributed by atoms with Crippen LogP contribution in [0.25, 0.3) is 0 Å². The molecule has 1 aromatic rings. The van der Waals surface area contributed by atoms with Gasteiger partial charge in [-0.2, -0.15) is 4.31 Å². The van der Waals surface area contributed by atoms with E-state index in [9.17, 15) is 13.2 Å². The number of aryl methyl sites for hydroxylation is 2. The first-order chi connectivity index (χ1) is 12.5. The van der Waals surface area contributed by atoms with Gasteiger partial charge in [0.25, 0.3) is 0 Å². The van der Waals surface area contributed by atoms with Crippen molar-refractivity contribution in [2.75, 3.05) is 26.2 Å². The molecule has 8 nitrogen and oxygen atoms in total. The maximum atomic E-state index is 13.1. The molecule has 3 rings (SSSR count). The number of amides is 1. The summed E-state index contributed by atoms with van der Waals surface area (Å²) in [4.78, 5) is 15.1. The predicted molar refractivity (Wildman–Crippen MR) is 100 cm³/mol. The molecule has 0 aromatic carbocycles. The summed E-state index contributed by atoms with van der Waals surface area (Å²) in [5.74, 6) is 0.000442. The molecule has 0 saturated carbocycles. The first kappa shape index (κ1) is 20.3. The predicted octanol–water partition coefficient (Wildman–Crippen LogP) is 1.28. The summed E-state index contributed by atoms with van der Waals surface area (Å²) in [6.07, 6.45) is 2.14. The van der Waals surface area contributed by atoms with E-state index in [1.54, 1.807) is 13.8 Å². The van der Waals surface area contributed by atoms with Crippen LogP contribution in [0.4, 0.5) is 0 Å². The molecule has 27 heavy (non-hydrogen) atoms. The summed E-state index contributed by atoms with van der Waals surface area (Å²) in [5.41, 5.74) is 6.40. The molecule has 2 atom stereocenters. The number of likely N-dealkylation sites (tertiary alicyclic amines) is 1. The van der Waals surface area contributed by atoms with Gasteiger partial charge in [0.15, 0.2) is 5.76 Å². The monoisotopic (exact) mass is 398 g/mol. The molecule has 0 bridgehead atoms. The van der Waals surface area contributed by atoms with Crippen LogP contribution in [-0.2, 0) is 14.8 Å². The zero-order valence-corrected chi connectivity index (χ0v) is 17.4. The topological polar surface area (TPSA) is 110 Å². The van der Waals surface area contributed by atoms with Gasteiger partial charge in [-0.05, 0) is 38.5 Å². The summed E-state index contributed by atoms with van der Waals surface area (Å²) >= 11 is 0. The highest BCUT2D eigenvalue weighted by Gasteiger charge is 2.40. The third kappa shape index (κ3) is 3.77. The van der Waals surface area contributed by atoms with Crippen LogP contribution in [0.5, 0.6) is 0 Å². The molecular formula is C18H30N4O4S. The van der Waals surface area contributed by atoms with Crippen LogP contribution >= 0.6 is 0 Å². The van der Waals surface area contributed by atoms with Crippen molar-refractivity contribution >= 4 is 15.9 Å². The van der Waals surface area contributed by atoms with Crippen molar-refractivity contribution in [3.63, 3.8) is 0 Å². The van der Waals surface area contributed by atoms with E-state index in [1.807, 2.05) is 4.90 Å². The van der Waals surface area contributed by atoms with Crippen molar-refractivity contribution in [1.29, 1.82) is 0 Å². The van der Waals surface area contributed by atoms with Crippen molar-refractivity contribution < 1.29 is 17.7 Å². The third-order valence-corrected chi connectivity index (χ3v) is 8.03. The number of hydrogen-bond acceptors (Lipinski definition) is 6. The summed E-state index contributed by atoms with van der Waals surface area (Å²) in [7, 11) is -3.72. The number of aromatic nitrogens is 1. The van der Waals surface area contributed by atoms with Gasteiger partial charge in [0.2, 0.25) is 15.9 Å². The van der Waals surface area contributed by atoms with Gasteiger partial charge in [-0.3, -0.25) is 4.79 Å². The van der Waals surface area contributed by atoms with Crippen LogP contribution in [0.15, 0.2) is 9.42 Å². The molecule has 1 amide bonds. The van der Waals surface area contributed by atoms with Gasteiger partial charge >= 0.3 is 0 Å². The maximum Gasteiger partial charge on any atom is 0.248 e. The first-order valence-corrected chi connectivity index (χ1v) is 11.0. The second-order valence-corrected chi connectivity index (χ2v) is 10.4. The summed E-state index contributed by atoms with van der Waals surface area (Å²) in [6.45, 7) is 9.23. The molecule has 2 aliphatic rings. The lowest BCUT2D eigenvalue weighted by Crippen LogP contribution is -2.56. The van der Waals surface area contributed by atoms with E-state index in [-0.39, 0.29) is 40.5 Å². The highest BCUT2D eigenvalue weighted by molar-refractivity contribution is 7.89. The number of piperidine rings is 2. The quantitative estimate of drug-likeness (QED) is 0.821. The van der Waals surface area contributed by atoms with Gasteiger partial charge < -0.3 is 15.2 Å². The summed E-state index contributed by atoms with van der Waals surface area (Å²) < 4.78 is 32.6. The summed E-state index contributed by atoms with van der Waals surface area (Å²) in [5, 5.41) is 3.76. The number of nitrogens with zero attached hydrogens (tertiary/aromatic N) is 3. The van der Waals surface area contributed by atoms with Crippen molar-refractivity contribution in [3.8, 4) is 0 Å². The SMILES string of the molecule is Cc1noc(C)c1S(=O)(=O)N1CCCC(C(=O)N2CCC(N)C(C)(C)C2)C1. The number of nitrogens with two attached hydrogens (primary N) is 1. The molecule has 2 unspecified atom stereocenters. The van der Waals surface area contributed by atoms with Gasteiger partial charge in [0.05, 0.1) is 5.92 Å². The van der Waals surface area contributed by atoms with Crippen LogP contribution in [0.1, 0.15) is 44.6 Å². The molecule has 2 saturated heterocycles. The minimum Gasteiger partial charge on any atom is -0.360 e. The number of carbonyl (C=O) groups is 1. The number of rotatable bonds is 3. The van der Waals surface area contributed by atoms with Gasteiger partial charge in [-0.25, -0.2) is 8.42 Å². The van der Waals surface area contributed by atoms with Crippen LogP contribution in [0.2, 0.25) is 0 Å².